The lowest BCUT2D eigenvalue weighted by molar-refractivity contribution is 0.106. The number of ether oxygens (including phenoxy) is 1. The van der Waals surface area contributed by atoms with Crippen molar-refractivity contribution >= 4 is 10.8 Å². The number of hydrogen-bond donors (Lipinski definition) is 1. The Kier molecular flexibility index (Phi) is 5.57. The van der Waals surface area contributed by atoms with Crippen LogP contribution in [0.1, 0.15) is 38.3 Å². The zero-order valence-electron chi connectivity index (χ0n) is 12.7. The van der Waals surface area contributed by atoms with Gasteiger partial charge in [-0.25, -0.2) is 0 Å². The van der Waals surface area contributed by atoms with Gasteiger partial charge in [-0.05, 0) is 48.7 Å². The van der Waals surface area contributed by atoms with Crippen LogP contribution in [0.2, 0.25) is 0 Å². The minimum Gasteiger partial charge on any atom is -0.382 e. The maximum Gasteiger partial charge on any atom is 0.0543 e. The predicted molar refractivity (Wildman–Crippen MR) is 86.1 cm³/mol. The fraction of sp³-hybridized carbons (Fsp3) is 0.444. The maximum absolute atomic E-state index is 5.36. The lowest BCUT2D eigenvalue weighted by atomic mass is 9.97. The fourth-order valence-electron chi connectivity index (χ4n) is 2.58. The highest BCUT2D eigenvalue weighted by atomic mass is 16.5. The van der Waals surface area contributed by atoms with Gasteiger partial charge in [0, 0.05) is 13.2 Å². The Bertz CT molecular complexity index is 538. The van der Waals surface area contributed by atoms with Crippen molar-refractivity contribution in [3.8, 4) is 0 Å². The van der Waals surface area contributed by atoms with Crippen LogP contribution in [-0.4, -0.2) is 19.8 Å². The van der Waals surface area contributed by atoms with Crippen LogP contribution in [0.3, 0.4) is 0 Å². The standard InChI is InChI=1S/C18H25NO/c1-4-19-18(12-9-14(2)20-3)17-11-10-15-7-5-6-8-16(15)13-17/h5-8,10-11,13-14,18-19H,4,9,12H2,1-3H3. The van der Waals surface area contributed by atoms with E-state index in [1.54, 1.807) is 7.11 Å². The molecule has 0 aliphatic carbocycles. The third-order valence-corrected chi connectivity index (χ3v) is 3.89. The van der Waals surface area contributed by atoms with E-state index in [4.69, 9.17) is 4.74 Å². The minimum atomic E-state index is 0.316. The molecular weight excluding hydrogens is 246 g/mol. The van der Waals surface area contributed by atoms with Gasteiger partial charge >= 0.3 is 0 Å². The minimum absolute atomic E-state index is 0.316. The molecule has 0 aliphatic heterocycles. The molecule has 1 N–H and O–H groups in total. The van der Waals surface area contributed by atoms with E-state index in [1.807, 2.05) is 0 Å². The van der Waals surface area contributed by atoms with E-state index in [1.165, 1.54) is 16.3 Å². The number of fused-ring (bicyclic) bond motifs is 1. The number of nitrogens with one attached hydrogen (secondary N) is 1. The molecule has 2 aromatic rings. The van der Waals surface area contributed by atoms with E-state index in [2.05, 4.69) is 61.6 Å². The summed E-state index contributed by atoms with van der Waals surface area (Å²) < 4.78 is 5.36. The van der Waals surface area contributed by atoms with E-state index >= 15 is 0 Å². The SMILES string of the molecule is CCNC(CCC(C)OC)c1ccc2ccccc2c1. The predicted octanol–water partition coefficient (Wildman–Crippen LogP) is 4.31. The molecular formula is C18H25NO. The summed E-state index contributed by atoms with van der Waals surface area (Å²) in [5, 5.41) is 6.20. The van der Waals surface area contributed by atoms with E-state index in [9.17, 15) is 0 Å². The molecule has 0 saturated heterocycles. The second-order valence-corrected chi connectivity index (χ2v) is 5.34. The third-order valence-electron chi connectivity index (χ3n) is 3.89. The highest BCUT2D eigenvalue weighted by molar-refractivity contribution is 5.83. The van der Waals surface area contributed by atoms with E-state index in [0.29, 0.717) is 12.1 Å². The van der Waals surface area contributed by atoms with Crippen LogP contribution in [0.15, 0.2) is 42.5 Å². The van der Waals surface area contributed by atoms with Gasteiger partial charge in [0.15, 0.2) is 0 Å². The van der Waals surface area contributed by atoms with Gasteiger partial charge in [0.05, 0.1) is 6.10 Å². The van der Waals surface area contributed by atoms with Gasteiger partial charge in [0.2, 0.25) is 0 Å². The Morgan fingerprint density at radius 1 is 1.05 bits per heavy atom. The van der Waals surface area contributed by atoms with Crippen LogP contribution >= 0.6 is 0 Å². The largest absolute Gasteiger partial charge is 0.382 e. The lowest BCUT2D eigenvalue weighted by Crippen LogP contribution is -2.22. The van der Waals surface area contributed by atoms with Crippen LogP contribution in [-0.2, 0) is 4.74 Å². The first-order chi connectivity index (χ1) is 9.74. The van der Waals surface area contributed by atoms with Crippen molar-refractivity contribution in [1.82, 2.24) is 5.32 Å². The second-order valence-electron chi connectivity index (χ2n) is 5.34. The van der Waals surface area contributed by atoms with Gasteiger partial charge in [0.25, 0.3) is 0 Å². The average molecular weight is 271 g/mol. The Hall–Kier alpha value is -1.38. The molecule has 0 bridgehead atoms. The molecule has 20 heavy (non-hydrogen) atoms. The fourth-order valence-corrected chi connectivity index (χ4v) is 2.58. The van der Waals surface area contributed by atoms with Gasteiger partial charge < -0.3 is 10.1 Å². The first kappa shape index (κ1) is 15.0. The summed E-state index contributed by atoms with van der Waals surface area (Å²) in [4.78, 5) is 0. The van der Waals surface area contributed by atoms with Crippen molar-refractivity contribution in [1.29, 1.82) is 0 Å². The Morgan fingerprint density at radius 3 is 2.50 bits per heavy atom. The summed E-state index contributed by atoms with van der Waals surface area (Å²) in [7, 11) is 1.78. The molecule has 2 atom stereocenters. The van der Waals surface area contributed by atoms with Crippen LogP contribution < -0.4 is 5.32 Å². The van der Waals surface area contributed by atoms with E-state index < -0.39 is 0 Å². The molecule has 0 spiro atoms. The second kappa shape index (κ2) is 7.41. The van der Waals surface area contributed by atoms with Crippen LogP contribution in [0.4, 0.5) is 0 Å². The molecule has 0 aromatic heterocycles. The zero-order valence-corrected chi connectivity index (χ0v) is 12.7. The Labute approximate surface area is 122 Å². The molecule has 0 saturated carbocycles. The van der Waals surface area contributed by atoms with Crippen molar-refractivity contribution in [2.45, 2.75) is 38.8 Å². The molecule has 0 heterocycles. The molecule has 2 nitrogen and oxygen atoms in total. The molecule has 108 valence electrons. The van der Waals surface area contributed by atoms with Gasteiger partial charge in [0.1, 0.15) is 0 Å². The molecule has 0 fully saturated rings. The van der Waals surface area contributed by atoms with Crippen LogP contribution in [0.25, 0.3) is 10.8 Å². The quantitative estimate of drug-likeness (QED) is 0.810. The summed E-state index contributed by atoms with van der Waals surface area (Å²) in [6.45, 7) is 5.27. The molecule has 0 aliphatic rings. The van der Waals surface area contributed by atoms with Gasteiger partial charge in [-0.3, -0.25) is 0 Å². The third kappa shape index (κ3) is 3.81. The van der Waals surface area contributed by atoms with Crippen molar-refractivity contribution in [2.24, 2.45) is 0 Å². The van der Waals surface area contributed by atoms with Gasteiger partial charge in [-0.2, -0.15) is 0 Å². The first-order valence-corrected chi connectivity index (χ1v) is 7.49. The molecule has 0 radical (unpaired) electrons. The monoisotopic (exact) mass is 271 g/mol. The number of rotatable bonds is 7. The smallest absolute Gasteiger partial charge is 0.0543 e. The molecule has 0 amide bonds. The first-order valence-electron chi connectivity index (χ1n) is 7.49. The van der Waals surface area contributed by atoms with Crippen molar-refractivity contribution in [3.63, 3.8) is 0 Å². The normalized spacial score (nSPS) is 14.3. The van der Waals surface area contributed by atoms with Gasteiger partial charge in [-0.15, -0.1) is 0 Å². The molecule has 2 unspecified atom stereocenters. The van der Waals surface area contributed by atoms with E-state index in [0.717, 1.165) is 19.4 Å². The summed E-state index contributed by atoms with van der Waals surface area (Å²) in [6, 6.07) is 15.7. The van der Waals surface area contributed by atoms with Gasteiger partial charge in [-0.1, -0.05) is 43.3 Å². The Balaban J connectivity index is 2.17. The van der Waals surface area contributed by atoms with E-state index in [-0.39, 0.29) is 0 Å². The number of hydrogen-bond acceptors (Lipinski definition) is 2. The summed E-state index contributed by atoms with van der Waals surface area (Å²) in [5.74, 6) is 0. The van der Waals surface area contributed by atoms with Crippen molar-refractivity contribution in [2.75, 3.05) is 13.7 Å². The average Bonchev–Trinajstić information content (AvgIpc) is 2.50. The number of benzene rings is 2. The summed E-state index contributed by atoms with van der Waals surface area (Å²) in [6.07, 6.45) is 2.49. The molecule has 2 aromatic carbocycles. The topological polar surface area (TPSA) is 21.3 Å². The highest BCUT2D eigenvalue weighted by Gasteiger charge is 2.12. The van der Waals surface area contributed by atoms with Crippen molar-refractivity contribution in [3.05, 3.63) is 48.0 Å². The zero-order chi connectivity index (χ0) is 14.4. The van der Waals surface area contributed by atoms with Crippen LogP contribution in [0.5, 0.6) is 0 Å². The maximum atomic E-state index is 5.36. The number of methoxy groups -OCH3 is 1. The highest BCUT2D eigenvalue weighted by Crippen LogP contribution is 2.24. The van der Waals surface area contributed by atoms with Crippen LogP contribution in [0, 0.1) is 0 Å². The molecule has 2 rings (SSSR count). The summed E-state index contributed by atoms with van der Waals surface area (Å²) >= 11 is 0. The Morgan fingerprint density at radius 2 is 1.80 bits per heavy atom. The van der Waals surface area contributed by atoms with Crippen molar-refractivity contribution < 1.29 is 4.74 Å². The lowest BCUT2D eigenvalue weighted by Gasteiger charge is -2.20. The summed E-state index contributed by atoms with van der Waals surface area (Å²) in [5.41, 5.74) is 1.37. The molecule has 2 heteroatoms.